The molecule has 0 aliphatic carbocycles. The number of aryl methyl sites for hydroxylation is 1. The Hall–Kier alpha value is -1.34. The van der Waals surface area contributed by atoms with Crippen molar-refractivity contribution in [3.05, 3.63) is 48.0 Å². The lowest BCUT2D eigenvalue weighted by Gasteiger charge is -2.15. The topological polar surface area (TPSA) is 12.0 Å². The lowest BCUT2D eigenvalue weighted by Crippen LogP contribution is -2.28. The maximum absolute atomic E-state index is 3.56. The molecule has 0 spiro atoms. The van der Waals surface area contributed by atoms with Gasteiger partial charge < -0.3 is 5.32 Å². The van der Waals surface area contributed by atoms with Gasteiger partial charge in [-0.3, -0.25) is 0 Å². The summed E-state index contributed by atoms with van der Waals surface area (Å²) in [7, 11) is 0. The fourth-order valence-electron chi connectivity index (χ4n) is 2.79. The average molecular weight is 255 g/mol. The third-order valence-corrected chi connectivity index (χ3v) is 3.86. The molecule has 1 nitrogen and oxygen atoms in total. The molecule has 2 rings (SSSR count). The molecule has 102 valence electrons. The Balaban J connectivity index is 1.98. The zero-order valence-electron chi connectivity index (χ0n) is 12.2. The summed E-state index contributed by atoms with van der Waals surface area (Å²) in [5.74, 6) is 0. The third kappa shape index (κ3) is 3.81. The summed E-state index contributed by atoms with van der Waals surface area (Å²) in [6.45, 7) is 5.53. The van der Waals surface area contributed by atoms with Gasteiger partial charge in [0.25, 0.3) is 0 Å². The van der Waals surface area contributed by atoms with E-state index in [2.05, 4.69) is 61.6 Å². The monoisotopic (exact) mass is 255 g/mol. The van der Waals surface area contributed by atoms with Crippen LogP contribution in [0.5, 0.6) is 0 Å². The normalized spacial score (nSPS) is 12.7. The molecule has 1 atom stereocenters. The molecule has 0 saturated carbocycles. The van der Waals surface area contributed by atoms with Crippen LogP contribution in [0.1, 0.15) is 38.7 Å². The molecule has 0 aromatic heterocycles. The summed E-state index contributed by atoms with van der Waals surface area (Å²) >= 11 is 0. The second-order valence-electron chi connectivity index (χ2n) is 5.19. The van der Waals surface area contributed by atoms with E-state index >= 15 is 0 Å². The highest BCUT2D eigenvalue weighted by Gasteiger charge is 2.05. The zero-order valence-corrected chi connectivity index (χ0v) is 12.2. The van der Waals surface area contributed by atoms with Crippen LogP contribution in [-0.2, 0) is 6.42 Å². The van der Waals surface area contributed by atoms with Gasteiger partial charge in [-0.15, -0.1) is 0 Å². The Morgan fingerprint density at radius 2 is 1.79 bits per heavy atom. The highest BCUT2D eigenvalue weighted by molar-refractivity contribution is 5.85. The number of benzene rings is 2. The molecule has 19 heavy (non-hydrogen) atoms. The molecule has 0 heterocycles. The van der Waals surface area contributed by atoms with Crippen molar-refractivity contribution in [3.8, 4) is 0 Å². The first-order valence-corrected chi connectivity index (χ1v) is 7.55. The lowest BCUT2D eigenvalue weighted by atomic mass is 9.98. The first-order valence-electron chi connectivity index (χ1n) is 7.55. The molecule has 2 aromatic carbocycles. The Kier molecular flexibility index (Phi) is 5.41. The summed E-state index contributed by atoms with van der Waals surface area (Å²) in [5.41, 5.74) is 1.49. The Bertz CT molecular complexity index is 499. The molecule has 1 heteroatoms. The summed E-state index contributed by atoms with van der Waals surface area (Å²) in [6.07, 6.45) is 4.94. The van der Waals surface area contributed by atoms with Gasteiger partial charge in [0.1, 0.15) is 0 Å². The van der Waals surface area contributed by atoms with Gasteiger partial charge in [0, 0.05) is 6.04 Å². The van der Waals surface area contributed by atoms with Crippen molar-refractivity contribution < 1.29 is 0 Å². The standard InChI is InChI=1S/C18H25N/c1-3-17(19-4-2)13-8-12-16-11-7-10-15-9-5-6-14-18(15)16/h5-7,9-11,14,17,19H,3-4,8,12-13H2,1-2H3. The van der Waals surface area contributed by atoms with E-state index in [1.165, 1.54) is 42.0 Å². The van der Waals surface area contributed by atoms with Crippen molar-refractivity contribution in [1.29, 1.82) is 0 Å². The van der Waals surface area contributed by atoms with E-state index in [1.807, 2.05) is 0 Å². The van der Waals surface area contributed by atoms with Gasteiger partial charge in [-0.2, -0.15) is 0 Å². The van der Waals surface area contributed by atoms with E-state index in [0.29, 0.717) is 6.04 Å². The number of fused-ring (bicyclic) bond motifs is 1. The highest BCUT2D eigenvalue weighted by atomic mass is 14.9. The molecule has 0 aliphatic heterocycles. The number of nitrogens with one attached hydrogen (secondary N) is 1. The van der Waals surface area contributed by atoms with Gasteiger partial charge in [-0.25, -0.2) is 0 Å². The summed E-state index contributed by atoms with van der Waals surface area (Å²) in [6, 6.07) is 16.0. The number of hydrogen-bond acceptors (Lipinski definition) is 1. The molecule has 0 radical (unpaired) electrons. The fourth-order valence-corrected chi connectivity index (χ4v) is 2.79. The molecule has 0 bridgehead atoms. The molecule has 1 N–H and O–H groups in total. The predicted octanol–water partition coefficient (Wildman–Crippen LogP) is 4.55. The van der Waals surface area contributed by atoms with Crippen LogP contribution in [0.3, 0.4) is 0 Å². The third-order valence-electron chi connectivity index (χ3n) is 3.86. The zero-order chi connectivity index (χ0) is 13.5. The molecular weight excluding hydrogens is 230 g/mol. The lowest BCUT2D eigenvalue weighted by molar-refractivity contribution is 0.467. The highest BCUT2D eigenvalue weighted by Crippen LogP contribution is 2.20. The molecule has 0 saturated heterocycles. The van der Waals surface area contributed by atoms with Gasteiger partial charge in [0.15, 0.2) is 0 Å². The molecule has 0 aliphatic rings. The van der Waals surface area contributed by atoms with E-state index in [1.54, 1.807) is 0 Å². The average Bonchev–Trinajstić information content (AvgIpc) is 2.46. The van der Waals surface area contributed by atoms with E-state index in [9.17, 15) is 0 Å². The minimum absolute atomic E-state index is 0.681. The van der Waals surface area contributed by atoms with Crippen molar-refractivity contribution >= 4 is 10.8 Å². The quantitative estimate of drug-likeness (QED) is 0.765. The van der Waals surface area contributed by atoms with E-state index in [0.717, 1.165) is 6.54 Å². The summed E-state index contributed by atoms with van der Waals surface area (Å²) in [5, 5.41) is 6.33. The largest absolute Gasteiger partial charge is 0.314 e. The van der Waals surface area contributed by atoms with Gasteiger partial charge in [0.2, 0.25) is 0 Å². The minimum Gasteiger partial charge on any atom is -0.314 e. The van der Waals surface area contributed by atoms with Crippen molar-refractivity contribution in [2.45, 2.75) is 45.6 Å². The van der Waals surface area contributed by atoms with Crippen molar-refractivity contribution in [2.24, 2.45) is 0 Å². The minimum atomic E-state index is 0.681. The molecular formula is C18H25N. The van der Waals surface area contributed by atoms with E-state index in [4.69, 9.17) is 0 Å². The SMILES string of the molecule is CCNC(CC)CCCc1cccc2ccccc12. The molecule has 2 aromatic rings. The van der Waals surface area contributed by atoms with Gasteiger partial charge in [-0.1, -0.05) is 56.3 Å². The smallest absolute Gasteiger partial charge is 0.00644 e. The maximum atomic E-state index is 3.56. The van der Waals surface area contributed by atoms with Crippen LogP contribution in [0, 0.1) is 0 Å². The number of hydrogen-bond donors (Lipinski definition) is 1. The Labute approximate surface area is 117 Å². The summed E-state index contributed by atoms with van der Waals surface area (Å²) < 4.78 is 0. The number of rotatable bonds is 7. The van der Waals surface area contributed by atoms with Gasteiger partial charge in [0.05, 0.1) is 0 Å². The van der Waals surface area contributed by atoms with Crippen LogP contribution in [0.25, 0.3) is 10.8 Å². The van der Waals surface area contributed by atoms with Crippen LogP contribution in [-0.4, -0.2) is 12.6 Å². The summed E-state index contributed by atoms with van der Waals surface area (Å²) in [4.78, 5) is 0. The Morgan fingerprint density at radius 1 is 1.00 bits per heavy atom. The fraction of sp³-hybridized carbons (Fsp3) is 0.444. The van der Waals surface area contributed by atoms with Crippen LogP contribution >= 0.6 is 0 Å². The second kappa shape index (κ2) is 7.30. The van der Waals surface area contributed by atoms with Crippen LogP contribution < -0.4 is 5.32 Å². The van der Waals surface area contributed by atoms with Gasteiger partial charge in [-0.05, 0) is 48.6 Å². The van der Waals surface area contributed by atoms with E-state index < -0.39 is 0 Å². The van der Waals surface area contributed by atoms with Crippen LogP contribution in [0.15, 0.2) is 42.5 Å². The first kappa shape index (κ1) is 14.1. The molecule has 0 fully saturated rings. The van der Waals surface area contributed by atoms with Crippen molar-refractivity contribution in [3.63, 3.8) is 0 Å². The first-order chi connectivity index (χ1) is 9.35. The molecule has 1 unspecified atom stereocenters. The van der Waals surface area contributed by atoms with E-state index in [-0.39, 0.29) is 0 Å². The molecule has 0 amide bonds. The van der Waals surface area contributed by atoms with Crippen LogP contribution in [0.2, 0.25) is 0 Å². The predicted molar refractivity (Wildman–Crippen MR) is 84.6 cm³/mol. The van der Waals surface area contributed by atoms with Crippen LogP contribution in [0.4, 0.5) is 0 Å². The van der Waals surface area contributed by atoms with Gasteiger partial charge >= 0.3 is 0 Å². The maximum Gasteiger partial charge on any atom is 0.00644 e. The Morgan fingerprint density at radius 3 is 2.58 bits per heavy atom. The van der Waals surface area contributed by atoms with Crippen molar-refractivity contribution in [1.82, 2.24) is 5.32 Å². The second-order valence-corrected chi connectivity index (χ2v) is 5.19. The van der Waals surface area contributed by atoms with Crippen molar-refractivity contribution in [2.75, 3.05) is 6.54 Å².